The predicted octanol–water partition coefficient (Wildman–Crippen LogP) is 4.49. The lowest BCUT2D eigenvalue weighted by Gasteiger charge is -2.07. The highest BCUT2D eigenvalue weighted by molar-refractivity contribution is 9.10. The summed E-state index contributed by atoms with van der Waals surface area (Å²) in [6.07, 6.45) is 2.65. The molecule has 0 aliphatic heterocycles. The van der Waals surface area contributed by atoms with Crippen LogP contribution in [0.25, 0.3) is 0 Å². The summed E-state index contributed by atoms with van der Waals surface area (Å²) in [5.41, 5.74) is 1.30. The van der Waals surface area contributed by atoms with E-state index in [9.17, 15) is 0 Å². The smallest absolute Gasteiger partial charge is 0.127 e. The lowest BCUT2D eigenvalue weighted by molar-refractivity contribution is 0.482. The van der Waals surface area contributed by atoms with Gasteiger partial charge in [-0.15, -0.1) is 0 Å². The predicted molar refractivity (Wildman–Crippen MR) is 80.5 cm³/mol. The van der Waals surface area contributed by atoms with Gasteiger partial charge >= 0.3 is 0 Å². The summed E-state index contributed by atoms with van der Waals surface area (Å²) in [5.74, 6) is 1.73. The second-order valence-electron chi connectivity index (χ2n) is 4.86. The van der Waals surface area contributed by atoms with Gasteiger partial charge in [-0.1, -0.05) is 28.1 Å². The Hall–Kier alpha value is -1.32. The molecule has 0 atom stereocenters. The lowest BCUT2D eigenvalue weighted by Crippen LogP contribution is -2.14. The van der Waals surface area contributed by atoms with Crippen molar-refractivity contribution in [1.29, 1.82) is 0 Å². The van der Waals surface area contributed by atoms with E-state index in [0.29, 0.717) is 0 Å². The van der Waals surface area contributed by atoms with E-state index < -0.39 is 0 Å². The molecule has 1 N–H and O–H groups in total. The standard InChI is InChI=1S/C16H16BrNO/c17-13-3-9-16(10-4-13)19-15-7-1-12(2-8-15)11-18-14-5-6-14/h1-4,7-10,14,18H,5-6,11H2. The maximum Gasteiger partial charge on any atom is 0.127 e. The zero-order chi connectivity index (χ0) is 13.1. The van der Waals surface area contributed by atoms with Crippen LogP contribution in [0.4, 0.5) is 0 Å². The first kappa shape index (κ1) is 12.7. The fraction of sp³-hybridized carbons (Fsp3) is 0.250. The molecule has 0 unspecified atom stereocenters. The van der Waals surface area contributed by atoms with Gasteiger partial charge < -0.3 is 10.1 Å². The zero-order valence-corrected chi connectivity index (χ0v) is 12.2. The Balaban J connectivity index is 1.59. The minimum absolute atomic E-state index is 0.749. The van der Waals surface area contributed by atoms with E-state index in [1.807, 2.05) is 36.4 Å². The maximum atomic E-state index is 5.79. The molecule has 0 bridgehead atoms. The molecular formula is C16H16BrNO. The first-order valence-corrected chi connectivity index (χ1v) is 7.35. The molecule has 2 aromatic carbocycles. The average molecular weight is 318 g/mol. The van der Waals surface area contributed by atoms with Crippen molar-refractivity contribution >= 4 is 15.9 Å². The summed E-state index contributed by atoms with van der Waals surface area (Å²) in [6, 6.07) is 16.9. The number of ether oxygens (including phenoxy) is 1. The molecule has 1 fully saturated rings. The Kier molecular flexibility index (Phi) is 3.85. The van der Waals surface area contributed by atoms with Crippen molar-refractivity contribution in [2.45, 2.75) is 25.4 Å². The Labute approximate surface area is 121 Å². The minimum atomic E-state index is 0.749. The summed E-state index contributed by atoms with van der Waals surface area (Å²) in [4.78, 5) is 0. The van der Waals surface area contributed by atoms with E-state index in [0.717, 1.165) is 28.6 Å². The molecule has 1 aliphatic rings. The van der Waals surface area contributed by atoms with Crippen molar-refractivity contribution in [1.82, 2.24) is 5.32 Å². The molecular weight excluding hydrogens is 302 g/mol. The largest absolute Gasteiger partial charge is 0.457 e. The summed E-state index contributed by atoms with van der Waals surface area (Å²) in [5, 5.41) is 3.50. The molecule has 0 aromatic heterocycles. The Morgan fingerprint density at radius 2 is 1.53 bits per heavy atom. The molecule has 0 spiro atoms. The van der Waals surface area contributed by atoms with E-state index in [4.69, 9.17) is 4.74 Å². The van der Waals surface area contributed by atoms with Crippen LogP contribution in [0.1, 0.15) is 18.4 Å². The molecule has 3 rings (SSSR count). The summed E-state index contributed by atoms with van der Waals surface area (Å²) < 4.78 is 6.84. The second kappa shape index (κ2) is 5.76. The van der Waals surface area contributed by atoms with E-state index in [1.54, 1.807) is 0 Å². The van der Waals surface area contributed by atoms with Gasteiger partial charge in [0, 0.05) is 17.1 Å². The van der Waals surface area contributed by atoms with Crippen molar-refractivity contribution in [3.8, 4) is 11.5 Å². The molecule has 19 heavy (non-hydrogen) atoms. The first-order chi connectivity index (χ1) is 9.29. The monoisotopic (exact) mass is 317 g/mol. The number of halogens is 1. The van der Waals surface area contributed by atoms with Crippen molar-refractivity contribution in [2.24, 2.45) is 0 Å². The SMILES string of the molecule is Brc1ccc(Oc2ccc(CNC3CC3)cc2)cc1. The topological polar surface area (TPSA) is 21.3 Å². The van der Waals surface area contributed by atoms with E-state index >= 15 is 0 Å². The Morgan fingerprint density at radius 3 is 2.11 bits per heavy atom. The van der Waals surface area contributed by atoms with Crippen LogP contribution < -0.4 is 10.1 Å². The normalized spacial score (nSPS) is 14.4. The Morgan fingerprint density at radius 1 is 0.947 bits per heavy atom. The van der Waals surface area contributed by atoms with Gasteiger partial charge in [-0.25, -0.2) is 0 Å². The van der Waals surface area contributed by atoms with Crippen molar-refractivity contribution < 1.29 is 4.74 Å². The molecule has 2 aromatic rings. The lowest BCUT2D eigenvalue weighted by atomic mass is 10.2. The molecule has 98 valence electrons. The number of hydrogen-bond donors (Lipinski definition) is 1. The second-order valence-corrected chi connectivity index (χ2v) is 5.77. The Bertz CT molecular complexity index is 532. The highest BCUT2D eigenvalue weighted by Crippen LogP contribution is 2.24. The molecule has 1 aliphatic carbocycles. The molecule has 3 heteroatoms. The van der Waals surface area contributed by atoms with Gasteiger partial charge in [-0.05, 0) is 54.8 Å². The van der Waals surface area contributed by atoms with Gasteiger partial charge in [0.05, 0.1) is 0 Å². The van der Waals surface area contributed by atoms with Crippen LogP contribution in [-0.2, 0) is 6.54 Å². The molecule has 2 nitrogen and oxygen atoms in total. The first-order valence-electron chi connectivity index (χ1n) is 6.55. The molecule has 0 amide bonds. The molecule has 0 radical (unpaired) electrons. The van der Waals surface area contributed by atoms with Gasteiger partial charge in [0.2, 0.25) is 0 Å². The van der Waals surface area contributed by atoms with Crippen molar-refractivity contribution in [3.63, 3.8) is 0 Å². The van der Waals surface area contributed by atoms with E-state index in [-0.39, 0.29) is 0 Å². The number of rotatable bonds is 5. The zero-order valence-electron chi connectivity index (χ0n) is 10.6. The number of nitrogens with one attached hydrogen (secondary N) is 1. The summed E-state index contributed by atoms with van der Waals surface area (Å²) in [6.45, 7) is 0.948. The third-order valence-corrected chi connectivity index (χ3v) is 3.67. The third-order valence-electron chi connectivity index (χ3n) is 3.14. The maximum absolute atomic E-state index is 5.79. The average Bonchev–Trinajstić information content (AvgIpc) is 3.25. The minimum Gasteiger partial charge on any atom is -0.457 e. The number of benzene rings is 2. The number of hydrogen-bond acceptors (Lipinski definition) is 2. The van der Waals surface area contributed by atoms with Crippen LogP contribution in [0.15, 0.2) is 53.0 Å². The van der Waals surface area contributed by atoms with Crippen LogP contribution in [0.3, 0.4) is 0 Å². The quantitative estimate of drug-likeness (QED) is 0.877. The highest BCUT2D eigenvalue weighted by Gasteiger charge is 2.19. The van der Waals surface area contributed by atoms with Gasteiger partial charge in [0.15, 0.2) is 0 Å². The van der Waals surface area contributed by atoms with Gasteiger partial charge in [-0.2, -0.15) is 0 Å². The van der Waals surface area contributed by atoms with Gasteiger partial charge in [0.25, 0.3) is 0 Å². The van der Waals surface area contributed by atoms with Crippen LogP contribution in [0.5, 0.6) is 11.5 Å². The van der Waals surface area contributed by atoms with Crippen LogP contribution >= 0.6 is 15.9 Å². The summed E-state index contributed by atoms with van der Waals surface area (Å²) >= 11 is 3.41. The van der Waals surface area contributed by atoms with Gasteiger partial charge in [-0.3, -0.25) is 0 Å². The highest BCUT2D eigenvalue weighted by atomic mass is 79.9. The third kappa shape index (κ3) is 3.82. The molecule has 0 saturated heterocycles. The van der Waals surface area contributed by atoms with Gasteiger partial charge in [0.1, 0.15) is 11.5 Å². The van der Waals surface area contributed by atoms with Crippen molar-refractivity contribution in [3.05, 3.63) is 58.6 Å². The van der Waals surface area contributed by atoms with Crippen LogP contribution in [0.2, 0.25) is 0 Å². The van der Waals surface area contributed by atoms with E-state index in [1.165, 1.54) is 18.4 Å². The fourth-order valence-electron chi connectivity index (χ4n) is 1.86. The molecule has 0 heterocycles. The van der Waals surface area contributed by atoms with Crippen LogP contribution in [-0.4, -0.2) is 6.04 Å². The fourth-order valence-corrected chi connectivity index (χ4v) is 2.13. The summed E-state index contributed by atoms with van der Waals surface area (Å²) in [7, 11) is 0. The molecule has 1 saturated carbocycles. The van der Waals surface area contributed by atoms with Crippen LogP contribution in [0, 0.1) is 0 Å². The van der Waals surface area contributed by atoms with Crippen molar-refractivity contribution in [2.75, 3.05) is 0 Å². The van der Waals surface area contributed by atoms with E-state index in [2.05, 4.69) is 33.4 Å².